The third-order valence-corrected chi connectivity index (χ3v) is 3.86. The van der Waals surface area contributed by atoms with Crippen LogP contribution in [0.3, 0.4) is 0 Å². The predicted octanol–water partition coefficient (Wildman–Crippen LogP) is 1.11. The minimum absolute atomic E-state index is 0. The monoisotopic (exact) mass is 408 g/mol. The number of carbonyl (C=O) groups excluding carboxylic acids is 2. The van der Waals surface area contributed by atoms with Gasteiger partial charge in [-0.05, 0) is 30.8 Å². The van der Waals surface area contributed by atoms with E-state index in [0.29, 0.717) is 6.54 Å². The second-order valence-electron chi connectivity index (χ2n) is 5.30. The van der Waals surface area contributed by atoms with E-state index in [1.165, 1.54) is 0 Å². The average Bonchev–Trinajstić information content (AvgIpc) is 2.62. The molecular formula is C17H30Cl2N4O3. The SMILES string of the molecule is CCN(CC)C(CNC(=O)CNC(=O)CN)c1cccc(OC)c1.Cl.Cl. The van der Waals surface area contributed by atoms with Crippen molar-refractivity contribution < 1.29 is 14.3 Å². The first kappa shape index (κ1) is 26.7. The second kappa shape index (κ2) is 14.6. The summed E-state index contributed by atoms with van der Waals surface area (Å²) in [5.41, 5.74) is 6.27. The fourth-order valence-electron chi connectivity index (χ4n) is 2.49. The van der Waals surface area contributed by atoms with Gasteiger partial charge in [-0.25, -0.2) is 0 Å². The number of likely N-dealkylation sites (N-methyl/N-ethyl adjacent to an activating group) is 1. The molecule has 0 aliphatic heterocycles. The highest BCUT2D eigenvalue weighted by Gasteiger charge is 2.19. The number of benzene rings is 1. The summed E-state index contributed by atoms with van der Waals surface area (Å²) in [5.74, 6) is 0.196. The van der Waals surface area contributed by atoms with Gasteiger partial charge in [0.2, 0.25) is 11.8 Å². The van der Waals surface area contributed by atoms with E-state index in [2.05, 4.69) is 29.4 Å². The molecule has 0 radical (unpaired) electrons. The maximum absolute atomic E-state index is 11.9. The normalized spacial score (nSPS) is 11.0. The van der Waals surface area contributed by atoms with E-state index in [1.807, 2.05) is 24.3 Å². The Morgan fingerprint density at radius 2 is 1.81 bits per heavy atom. The molecule has 1 aromatic rings. The Hall–Kier alpha value is -1.54. The molecule has 0 heterocycles. The van der Waals surface area contributed by atoms with Gasteiger partial charge in [0.1, 0.15) is 5.75 Å². The molecule has 1 unspecified atom stereocenters. The van der Waals surface area contributed by atoms with Crippen LogP contribution < -0.4 is 21.1 Å². The van der Waals surface area contributed by atoms with Gasteiger partial charge >= 0.3 is 0 Å². The summed E-state index contributed by atoms with van der Waals surface area (Å²) in [5, 5.41) is 5.33. The smallest absolute Gasteiger partial charge is 0.239 e. The molecule has 0 aliphatic rings. The summed E-state index contributed by atoms with van der Waals surface area (Å²) in [6, 6.07) is 7.86. The van der Waals surface area contributed by atoms with E-state index < -0.39 is 0 Å². The van der Waals surface area contributed by atoms with Crippen LogP contribution in [-0.2, 0) is 9.59 Å². The average molecular weight is 409 g/mol. The van der Waals surface area contributed by atoms with Crippen LogP contribution in [0.15, 0.2) is 24.3 Å². The Kier molecular flexibility index (Phi) is 15.0. The van der Waals surface area contributed by atoms with E-state index in [0.717, 1.165) is 24.4 Å². The van der Waals surface area contributed by atoms with Crippen LogP contribution in [0.25, 0.3) is 0 Å². The number of nitrogens with zero attached hydrogens (tertiary/aromatic N) is 1. The van der Waals surface area contributed by atoms with Crippen molar-refractivity contribution in [1.29, 1.82) is 0 Å². The second-order valence-corrected chi connectivity index (χ2v) is 5.30. The maximum atomic E-state index is 11.9. The first-order chi connectivity index (χ1) is 11.5. The summed E-state index contributed by atoms with van der Waals surface area (Å²) in [7, 11) is 1.63. The van der Waals surface area contributed by atoms with Crippen LogP contribution in [0.1, 0.15) is 25.5 Å². The van der Waals surface area contributed by atoms with Gasteiger partial charge in [0.25, 0.3) is 0 Å². The number of nitrogens with one attached hydrogen (secondary N) is 2. The van der Waals surface area contributed by atoms with Crippen molar-refractivity contribution in [1.82, 2.24) is 15.5 Å². The van der Waals surface area contributed by atoms with Gasteiger partial charge in [-0.3, -0.25) is 14.5 Å². The molecule has 7 nitrogen and oxygen atoms in total. The lowest BCUT2D eigenvalue weighted by molar-refractivity contribution is -0.125. The van der Waals surface area contributed by atoms with Gasteiger partial charge in [-0.1, -0.05) is 26.0 Å². The largest absolute Gasteiger partial charge is 0.497 e. The van der Waals surface area contributed by atoms with Crippen LogP contribution in [0.2, 0.25) is 0 Å². The van der Waals surface area contributed by atoms with Crippen molar-refractivity contribution in [3.63, 3.8) is 0 Å². The fraction of sp³-hybridized carbons (Fsp3) is 0.529. The zero-order valence-electron chi connectivity index (χ0n) is 15.5. The van der Waals surface area contributed by atoms with Gasteiger partial charge in [0, 0.05) is 6.54 Å². The van der Waals surface area contributed by atoms with E-state index in [4.69, 9.17) is 10.5 Å². The topological polar surface area (TPSA) is 96.7 Å². The van der Waals surface area contributed by atoms with Crippen molar-refractivity contribution in [2.45, 2.75) is 19.9 Å². The number of methoxy groups -OCH3 is 1. The summed E-state index contributed by atoms with van der Waals surface area (Å²) in [6.45, 7) is 6.14. The predicted molar refractivity (Wildman–Crippen MR) is 108 cm³/mol. The minimum atomic E-state index is -0.349. The molecule has 0 saturated carbocycles. The Balaban J connectivity index is 0. The standard InChI is InChI=1S/C17H28N4O3.2ClH/c1-4-21(5-2)15(13-7-6-8-14(9-13)24-3)11-19-17(23)12-20-16(22)10-18;;/h6-9,15H,4-5,10-12,18H2,1-3H3,(H,19,23)(H,20,22);2*1H. The van der Waals surface area contributed by atoms with Crippen LogP contribution in [0.4, 0.5) is 0 Å². The molecule has 9 heteroatoms. The van der Waals surface area contributed by atoms with E-state index in [-0.39, 0.29) is 55.8 Å². The molecule has 1 rings (SSSR count). The van der Waals surface area contributed by atoms with Gasteiger partial charge in [-0.15, -0.1) is 24.8 Å². The highest BCUT2D eigenvalue weighted by Crippen LogP contribution is 2.23. The molecule has 2 amide bonds. The van der Waals surface area contributed by atoms with E-state index >= 15 is 0 Å². The number of halogens is 2. The van der Waals surface area contributed by atoms with Crippen molar-refractivity contribution in [3.8, 4) is 5.75 Å². The molecule has 0 aromatic heterocycles. The number of hydrogen-bond acceptors (Lipinski definition) is 5. The lowest BCUT2D eigenvalue weighted by Gasteiger charge is -2.30. The summed E-state index contributed by atoms with van der Waals surface area (Å²) in [6.07, 6.45) is 0. The number of rotatable bonds is 10. The first-order valence-corrected chi connectivity index (χ1v) is 8.17. The highest BCUT2D eigenvalue weighted by atomic mass is 35.5. The quantitative estimate of drug-likeness (QED) is 0.538. The Bertz CT molecular complexity index is 542. The van der Waals surface area contributed by atoms with Gasteiger partial charge in [0.15, 0.2) is 0 Å². The van der Waals surface area contributed by atoms with Crippen LogP contribution in [0, 0.1) is 0 Å². The molecule has 0 aliphatic carbocycles. The molecule has 1 atom stereocenters. The highest BCUT2D eigenvalue weighted by molar-refractivity contribution is 5.86. The number of ether oxygens (including phenoxy) is 1. The molecule has 150 valence electrons. The molecule has 0 fully saturated rings. The fourth-order valence-corrected chi connectivity index (χ4v) is 2.49. The van der Waals surface area contributed by atoms with Crippen LogP contribution in [-0.4, -0.2) is 56.5 Å². The number of hydrogen-bond donors (Lipinski definition) is 3. The van der Waals surface area contributed by atoms with Gasteiger partial charge in [-0.2, -0.15) is 0 Å². The maximum Gasteiger partial charge on any atom is 0.239 e. The number of carbonyl (C=O) groups is 2. The zero-order valence-corrected chi connectivity index (χ0v) is 17.1. The lowest BCUT2D eigenvalue weighted by Crippen LogP contribution is -2.43. The molecule has 0 bridgehead atoms. The summed E-state index contributed by atoms with van der Waals surface area (Å²) >= 11 is 0. The third-order valence-electron chi connectivity index (χ3n) is 3.86. The molecule has 4 N–H and O–H groups in total. The molecule has 1 aromatic carbocycles. The summed E-state index contributed by atoms with van der Waals surface area (Å²) in [4.78, 5) is 25.3. The third kappa shape index (κ3) is 8.71. The number of amides is 2. The van der Waals surface area contributed by atoms with E-state index in [1.54, 1.807) is 7.11 Å². The Morgan fingerprint density at radius 3 is 2.35 bits per heavy atom. The van der Waals surface area contributed by atoms with Crippen molar-refractivity contribution in [3.05, 3.63) is 29.8 Å². The van der Waals surface area contributed by atoms with Gasteiger partial charge < -0.3 is 21.1 Å². The van der Waals surface area contributed by atoms with Gasteiger partial charge in [0.05, 0.1) is 26.2 Å². The Labute approximate surface area is 167 Å². The minimum Gasteiger partial charge on any atom is -0.497 e. The van der Waals surface area contributed by atoms with Crippen molar-refractivity contribution in [2.75, 3.05) is 39.8 Å². The summed E-state index contributed by atoms with van der Waals surface area (Å²) < 4.78 is 5.29. The molecule has 26 heavy (non-hydrogen) atoms. The van der Waals surface area contributed by atoms with E-state index in [9.17, 15) is 9.59 Å². The Morgan fingerprint density at radius 1 is 1.15 bits per heavy atom. The van der Waals surface area contributed by atoms with Crippen LogP contribution in [0.5, 0.6) is 5.75 Å². The molecule has 0 saturated heterocycles. The lowest BCUT2D eigenvalue weighted by atomic mass is 10.0. The zero-order chi connectivity index (χ0) is 17.9. The molecular weight excluding hydrogens is 379 g/mol. The molecule has 0 spiro atoms. The number of nitrogens with two attached hydrogens (primary N) is 1. The first-order valence-electron chi connectivity index (χ1n) is 8.17. The van der Waals surface area contributed by atoms with Crippen LogP contribution >= 0.6 is 24.8 Å². The van der Waals surface area contributed by atoms with Crippen molar-refractivity contribution >= 4 is 36.6 Å². The van der Waals surface area contributed by atoms with Crippen molar-refractivity contribution in [2.24, 2.45) is 5.73 Å².